The molecule has 1 amide bonds. The first kappa shape index (κ1) is 18.3. The lowest BCUT2D eigenvalue weighted by Crippen LogP contribution is -2.21. The summed E-state index contributed by atoms with van der Waals surface area (Å²) in [5, 5.41) is 2.93. The smallest absolute Gasteiger partial charge is 0.259 e. The SMILES string of the molecule is CCOc1ccc(Br)cc1C(=O)Nc1ccc(N(CC)CC)cc1. The van der Waals surface area contributed by atoms with Gasteiger partial charge in [0, 0.05) is 28.9 Å². The molecule has 0 unspecified atom stereocenters. The maximum absolute atomic E-state index is 12.6. The van der Waals surface area contributed by atoms with Gasteiger partial charge < -0.3 is 15.0 Å². The molecule has 0 aliphatic carbocycles. The number of amides is 1. The Balaban J connectivity index is 2.16. The van der Waals surface area contributed by atoms with Gasteiger partial charge in [0.15, 0.2) is 0 Å². The highest BCUT2D eigenvalue weighted by Gasteiger charge is 2.13. The highest BCUT2D eigenvalue weighted by molar-refractivity contribution is 9.10. The van der Waals surface area contributed by atoms with E-state index in [0.29, 0.717) is 17.9 Å². The van der Waals surface area contributed by atoms with Crippen LogP contribution in [-0.2, 0) is 0 Å². The minimum Gasteiger partial charge on any atom is -0.493 e. The van der Waals surface area contributed by atoms with E-state index >= 15 is 0 Å². The number of hydrogen-bond acceptors (Lipinski definition) is 3. The molecule has 0 saturated heterocycles. The van der Waals surface area contributed by atoms with E-state index in [1.165, 1.54) is 0 Å². The number of halogens is 1. The van der Waals surface area contributed by atoms with Gasteiger partial charge >= 0.3 is 0 Å². The highest BCUT2D eigenvalue weighted by Crippen LogP contribution is 2.25. The molecule has 24 heavy (non-hydrogen) atoms. The van der Waals surface area contributed by atoms with Crippen molar-refractivity contribution in [2.75, 3.05) is 29.9 Å². The van der Waals surface area contributed by atoms with Gasteiger partial charge in [-0.15, -0.1) is 0 Å². The first-order chi connectivity index (χ1) is 11.6. The van der Waals surface area contributed by atoms with Crippen molar-refractivity contribution >= 4 is 33.2 Å². The van der Waals surface area contributed by atoms with Crippen LogP contribution in [0.5, 0.6) is 5.75 Å². The van der Waals surface area contributed by atoms with E-state index < -0.39 is 0 Å². The molecule has 2 rings (SSSR count). The summed E-state index contributed by atoms with van der Waals surface area (Å²) in [5.74, 6) is 0.397. The maximum atomic E-state index is 12.6. The fourth-order valence-electron chi connectivity index (χ4n) is 2.50. The first-order valence-electron chi connectivity index (χ1n) is 8.17. The lowest BCUT2D eigenvalue weighted by molar-refractivity contribution is 0.102. The number of benzene rings is 2. The summed E-state index contributed by atoms with van der Waals surface area (Å²) in [6.45, 7) is 8.58. The monoisotopic (exact) mass is 390 g/mol. The molecule has 0 fully saturated rings. The number of nitrogens with zero attached hydrogens (tertiary/aromatic N) is 1. The van der Waals surface area contributed by atoms with Gasteiger partial charge in [-0.3, -0.25) is 4.79 Å². The van der Waals surface area contributed by atoms with Gasteiger partial charge in [0.05, 0.1) is 12.2 Å². The Bertz CT molecular complexity index is 682. The van der Waals surface area contributed by atoms with Crippen LogP contribution in [0, 0.1) is 0 Å². The second kappa shape index (κ2) is 8.73. The van der Waals surface area contributed by atoms with Crippen LogP contribution in [0.4, 0.5) is 11.4 Å². The molecule has 1 N–H and O–H groups in total. The Morgan fingerprint density at radius 2 is 1.75 bits per heavy atom. The molecule has 0 bridgehead atoms. The normalized spacial score (nSPS) is 10.3. The second-order valence-corrected chi connectivity index (χ2v) is 6.16. The van der Waals surface area contributed by atoms with Crippen molar-refractivity contribution in [2.24, 2.45) is 0 Å². The van der Waals surface area contributed by atoms with Gasteiger partial charge in [-0.1, -0.05) is 15.9 Å². The predicted octanol–water partition coefficient (Wildman–Crippen LogP) is 4.95. The predicted molar refractivity (Wildman–Crippen MR) is 103 cm³/mol. The van der Waals surface area contributed by atoms with Crippen molar-refractivity contribution in [2.45, 2.75) is 20.8 Å². The largest absolute Gasteiger partial charge is 0.493 e. The van der Waals surface area contributed by atoms with Crippen LogP contribution in [0.25, 0.3) is 0 Å². The van der Waals surface area contributed by atoms with E-state index in [4.69, 9.17) is 4.74 Å². The topological polar surface area (TPSA) is 41.6 Å². The zero-order valence-electron chi connectivity index (χ0n) is 14.3. The van der Waals surface area contributed by atoms with Crippen LogP contribution in [0.2, 0.25) is 0 Å². The molecule has 0 spiro atoms. The van der Waals surface area contributed by atoms with Gasteiger partial charge in [-0.2, -0.15) is 0 Å². The Morgan fingerprint density at radius 3 is 2.33 bits per heavy atom. The van der Waals surface area contributed by atoms with E-state index in [2.05, 4.69) is 40.0 Å². The minimum absolute atomic E-state index is 0.185. The fraction of sp³-hybridized carbons (Fsp3) is 0.316. The lowest BCUT2D eigenvalue weighted by atomic mass is 10.1. The molecule has 0 aromatic heterocycles. The van der Waals surface area contributed by atoms with Crippen molar-refractivity contribution < 1.29 is 9.53 Å². The van der Waals surface area contributed by atoms with Gasteiger partial charge in [-0.25, -0.2) is 0 Å². The van der Waals surface area contributed by atoms with E-state index in [9.17, 15) is 4.79 Å². The van der Waals surface area contributed by atoms with E-state index in [1.54, 1.807) is 12.1 Å². The minimum atomic E-state index is -0.185. The van der Waals surface area contributed by atoms with Crippen LogP contribution < -0.4 is 15.0 Å². The van der Waals surface area contributed by atoms with Crippen LogP contribution in [0.1, 0.15) is 31.1 Å². The number of rotatable bonds is 7. The summed E-state index contributed by atoms with van der Waals surface area (Å²) < 4.78 is 6.38. The summed E-state index contributed by atoms with van der Waals surface area (Å²) in [6, 6.07) is 13.3. The first-order valence-corrected chi connectivity index (χ1v) is 8.97. The molecule has 0 atom stereocenters. The number of carbonyl (C=O) groups excluding carboxylic acids is 1. The molecule has 5 heteroatoms. The number of hydrogen-bond donors (Lipinski definition) is 1. The number of ether oxygens (including phenoxy) is 1. The molecule has 4 nitrogen and oxygen atoms in total. The Labute approximate surface area is 151 Å². The third-order valence-corrected chi connectivity index (χ3v) is 4.23. The van der Waals surface area contributed by atoms with E-state index in [1.807, 2.05) is 37.3 Å². The molecule has 2 aromatic rings. The number of anilines is 2. The summed E-state index contributed by atoms with van der Waals surface area (Å²) in [4.78, 5) is 14.8. The molecule has 0 radical (unpaired) electrons. The van der Waals surface area contributed by atoms with Crippen LogP contribution in [0.15, 0.2) is 46.9 Å². The van der Waals surface area contributed by atoms with Crippen molar-refractivity contribution in [1.82, 2.24) is 0 Å². The summed E-state index contributed by atoms with van der Waals surface area (Å²) >= 11 is 3.40. The second-order valence-electron chi connectivity index (χ2n) is 5.25. The van der Waals surface area contributed by atoms with Crippen LogP contribution in [0.3, 0.4) is 0 Å². The fourth-order valence-corrected chi connectivity index (χ4v) is 2.86. The van der Waals surface area contributed by atoms with E-state index in [0.717, 1.165) is 28.9 Å². The lowest BCUT2D eigenvalue weighted by Gasteiger charge is -2.21. The maximum Gasteiger partial charge on any atom is 0.259 e. The number of nitrogens with one attached hydrogen (secondary N) is 1. The Morgan fingerprint density at radius 1 is 1.08 bits per heavy atom. The average Bonchev–Trinajstić information content (AvgIpc) is 2.59. The average molecular weight is 391 g/mol. The molecular weight excluding hydrogens is 368 g/mol. The quantitative estimate of drug-likeness (QED) is 0.727. The van der Waals surface area contributed by atoms with Crippen molar-refractivity contribution in [3.05, 3.63) is 52.5 Å². The molecule has 0 aliphatic heterocycles. The van der Waals surface area contributed by atoms with Crippen molar-refractivity contribution in [3.8, 4) is 5.75 Å². The zero-order valence-corrected chi connectivity index (χ0v) is 15.9. The van der Waals surface area contributed by atoms with Gasteiger partial charge in [0.25, 0.3) is 5.91 Å². The summed E-state index contributed by atoms with van der Waals surface area (Å²) in [6.07, 6.45) is 0. The molecule has 0 saturated carbocycles. The summed E-state index contributed by atoms with van der Waals surface area (Å²) in [7, 11) is 0. The summed E-state index contributed by atoms with van der Waals surface area (Å²) in [5.41, 5.74) is 2.42. The zero-order chi connectivity index (χ0) is 17.5. The molecule has 128 valence electrons. The molecular formula is C19H23BrN2O2. The molecule has 0 aliphatic rings. The molecule has 0 heterocycles. The Kier molecular flexibility index (Phi) is 6.67. The third-order valence-electron chi connectivity index (χ3n) is 3.74. The Hall–Kier alpha value is -2.01. The van der Waals surface area contributed by atoms with Gasteiger partial charge in [-0.05, 0) is 63.2 Å². The van der Waals surface area contributed by atoms with E-state index in [-0.39, 0.29) is 5.91 Å². The number of carbonyl (C=O) groups is 1. The van der Waals surface area contributed by atoms with Crippen molar-refractivity contribution in [3.63, 3.8) is 0 Å². The van der Waals surface area contributed by atoms with Gasteiger partial charge in [0.2, 0.25) is 0 Å². The van der Waals surface area contributed by atoms with Crippen LogP contribution in [-0.4, -0.2) is 25.6 Å². The standard InChI is InChI=1S/C19H23BrN2O2/c1-4-22(5-2)16-10-8-15(9-11-16)21-19(23)17-13-14(20)7-12-18(17)24-6-3/h7-13H,4-6H2,1-3H3,(H,21,23). The van der Waals surface area contributed by atoms with Crippen LogP contribution >= 0.6 is 15.9 Å². The highest BCUT2D eigenvalue weighted by atomic mass is 79.9. The third kappa shape index (κ3) is 4.51. The molecule has 2 aromatic carbocycles. The van der Waals surface area contributed by atoms with Gasteiger partial charge in [0.1, 0.15) is 5.75 Å². The van der Waals surface area contributed by atoms with Crippen molar-refractivity contribution in [1.29, 1.82) is 0 Å².